The highest BCUT2D eigenvalue weighted by molar-refractivity contribution is 5.27. The Bertz CT molecular complexity index is 399. The van der Waals surface area contributed by atoms with Gasteiger partial charge in [-0.25, -0.2) is 0 Å². The van der Waals surface area contributed by atoms with Crippen molar-refractivity contribution in [2.45, 2.75) is 32.4 Å². The van der Waals surface area contributed by atoms with E-state index in [-0.39, 0.29) is 0 Å². The molecule has 1 atom stereocenters. The van der Waals surface area contributed by atoms with Gasteiger partial charge in [-0.3, -0.25) is 4.90 Å². The fourth-order valence-electron chi connectivity index (χ4n) is 2.41. The largest absolute Gasteiger partial charge is 0.488 e. The molecule has 0 amide bonds. The monoisotopic (exact) mass is 262 g/mol. The Hall–Kier alpha value is -1.06. The van der Waals surface area contributed by atoms with Crippen molar-refractivity contribution < 1.29 is 4.74 Å². The molecule has 2 rings (SSSR count). The molecule has 0 bridgehead atoms. The predicted molar refractivity (Wildman–Crippen MR) is 79.8 cm³/mol. The summed E-state index contributed by atoms with van der Waals surface area (Å²) in [4.78, 5) is 4.75. The minimum Gasteiger partial charge on any atom is -0.488 e. The van der Waals surface area contributed by atoms with Crippen molar-refractivity contribution in [2.24, 2.45) is 0 Å². The Labute approximate surface area is 117 Å². The molecule has 1 aromatic carbocycles. The fourth-order valence-corrected chi connectivity index (χ4v) is 2.41. The molecule has 0 aliphatic carbocycles. The van der Waals surface area contributed by atoms with Gasteiger partial charge in [0.05, 0.1) is 0 Å². The standard InChI is InChI=1S/C16H26N2O/c1-13-6-5-7-15(10-13)19-16-11-18(12-16)14(2)8-9-17(3)4/h5-7,10,14,16H,8-9,11-12H2,1-4H3. The molecular formula is C16H26N2O. The zero-order valence-corrected chi connectivity index (χ0v) is 12.6. The molecule has 0 saturated carbocycles. The minimum atomic E-state index is 0.364. The molecule has 0 radical (unpaired) electrons. The first kappa shape index (κ1) is 14.4. The van der Waals surface area contributed by atoms with Gasteiger partial charge in [-0.05, 0) is 58.6 Å². The van der Waals surface area contributed by atoms with Gasteiger partial charge in [0.2, 0.25) is 0 Å². The third-order valence-electron chi connectivity index (χ3n) is 3.79. The summed E-state index contributed by atoms with van der Waals surface area (Å²) in [5, 5.41) is 0. The van der Waals surface area contributed by atoms with E-state index in [9.17, 15) is 0 Å². The Kier molecular flexibility index (Phi) is 4.83. The molecule has 1 aliphatic heterocycles. The Morgan fingerprint density at radius 2 is 2.11 bits per heavy atom. The van der Waals surface area contributed by atoms with Gasteiger partial charge in [0.25, 0.3) is 0 Å². The minimum absolute atomic E-state index is 0.364. The summed E-state index contributed by atoms with van der Waals surface area (Å²) in [6, 6.07) is 8.97. The van der Waals surface area contributed by atoms with Crippen LogP contribution in [0.4, 0.5) is 0 Å². The second-order valence-corrected chi connectivity index (χ2v) is 5.95. The van der Waals surface area contributed by atoms with E-state index in [1.807, 2.05) is 6.07 Å². The van der Waals surface area contributed by atoms with Crippen molar-refractivity contribution in [1.29, 1.82) is 0 Å². The number of rotatable bonds is 6. The average molecular weight is 262 g/mol. The summed E-state index contributed by atoms with van der Waals surface area (Å²) in [7, 11) is 4.26. The van der Waals surface area contributed by atoms with Crippen molar-refractivity contribution in [3.05, 3.63) is 29.8 Å². The maximum absolute atomic E-state index is 5.99. The zero-order chi connectivity index (χ0) is 13.8. The zero-order valence-electron chi connectivity index (χ0n) is 12.6. The first-order valence-corrected chi connectivity index (χ1v) is 7.16. The Morgan fingerprint density at radius 1 is 1.37 bits per heavy atom. The normalized spacial score (nSPS) is 18.4. The van der Waals surface area contributed by atoms with E-state index in [0.717, 1.165) is 25.4 Å². The molecule has 1 unspecified atom stereocenters. The van der Waals surface area contributed by atoms with E-state index in [1.165, 1.54) is 12.0 Å². The fraction of sp³-hybridized carbons (Fsp3) is 0.625. The lowest BCUT2D eigenvalue weighted by Crippen LogP contribution is -2.57. The van der Waals surface area contributed by atoms with Crippen LogP contribution in [0, 0.1) is 6.92 Å². The highest BCUT2D eigenvalue weighted by Crippen LogP contribution is 2.21. The average Bonchev–Trinajstić information content (AvgIpc) is 2.30. The van der Waals surface area contributed by atoms with Crippen LogP contribution in [0.5, 0.6) is 5.75 Å². The number of hydrogen-bond acceptors (Lipinski definition) is 3. The summed E-state index contributed by atoms with van der Waals surface area (Å²) in [6.45, 7) is 7.68. The Morgan fingerprint density at radius 3 is 2.74 bits per heavy atom. The number of likely N-dealkylation sites (tertiary alicyclic amines) is 1. The van der Waals surface area contributed by atoms with Crippen LogP contribution in [0.25, 0.3) is 0 Å². The number of ether oxygens (including phenoxy) is 1. The number of aryl methyl sites for hydroxylation is 1. The first-order valence-electron chi connectivity index (χ1n) is 7.16. The topological polar surface area (TPSA) is 15.7 Å². The SMILES string of the molecule is Cc1cccc(OC2CN(C(C)CCN(C)C)C2)c1. The van der Waals surface area contributed by atoms with Crippen LogP contribution in [0.3, 0.4) is 0 Å². The van der Waals surface area contributed by atoms with Crippen LogP contribution in [0.2, 0.25) is 0 Å². The van der Waals surface area contributed by atoms with Crippen LogP contribution in [0.1, 0.15) is 18.9 Å². The van der Waals surface area contributed by atoms with Gasteiger partial charge in [0.15, 0.2) is 0 Å². The predicted octanol–water partition coefficient (Wildman–Crippen LogP) is 2.40. The van der Waals surface area contributed by atoms with Gasteiger partial charge in [0.1, 0.15) is 11.9 Å². The van der Waals surface area contributed by atoms with E-state index in [2.05, 4.69) is 55.9 Å². The lowest BCUT2D eigenvalue weighted by molar-refractivity contribution is -0.00783. The van der Waals surface area contributed by atoms with Crippen LogP contribution in [-0.4, -0.2) is 55.7 Å². The van der Waals surface area contributed by atoms with E-state index >= 15 is 0 Å². The lowest BCUT2D eigenvalue weighted by Gasteiger charge is -2.43. The van der Waals surface area contributed by atoms with Gasteiger partial charge < -0.3 is 9.64 Å². The molecule has 19 heavy (non-hydrogen) atoms. The van der Waals surface area contributed by atoms with Crippen LogP contribution < -0.4 is 4.74 Å². The molecule has 0 N–H and O–H groups in total. The number of hydrogen-bond donors (Lipinski definition) is 0. The third-order valence-corrected chi connectivity index (χ3v) is 3.79. The molecule has 1 aliphatic rings. The number of benzene rings is 1. The summed E-state index contributed by atoms with van der Waals surface area (Å²) in [5.74, 6) is 1.01. The molecule has 1 fully saturated rings. The molecule has 0 aromatic heterocycles. The summed E-state index contributed by atoms with van der Waals surface area (Å²) in [6.07, 6.45) is 1.59. The molecule has 1 aromatic rings. The van der Waals surface area contributed by atoms with Crippen LogP contribution in [-0.2, 0) is 0 Å². The molecular weight excluding hydrogens is 236 g/mol. The second-order valence-electron chi connectivity index (χ2n) is 5.95. The highest BCUT2D eigenvalue weighted by atomic mass is 16.5. The molecule has 106 valence electrons. The first-order chi connectivity index (χ1) is 9.04. The quantitative estimate of drug-likeness (QED) is 0.783. The Balaban J connectivity index is 1.71. The van der Waals surface area contributed by atoms with Crippen LogP contribution >= 0.6 is 0 Å². The van der Waals surface area contributed by atoms with Crippen molar-refractivity contribution in [2.75, 3.05) is 33.7 Å². The van der Waals surface area contributed by atoms with Crippen molar-refractivity contribution in [1.82, 2.24) is 9.80 Å². The van der Waals surface area contributed by atoms with Gasteiger partial charge in [-0.1, -0.05) is 12.1 Å². The molecule has 3 heteroatoms. The van der Waals surface area contributed by atoms with E-state index < -0.39 is 0 Å². The lowest BCUT2D eigenvalue weighted by atomic mass is 10.1. The van der Waals surface area contributed by atoms with Gasteiger partial charge in [-0.2, -0.15) is 0 Å². The third kappa shape index (κ3) is 4.22. The van der Waals surface area contributed by atoms with Gasteiger partial charge >= 0.3 is 0 Å². The van der Waals surface area contributed by atoms with E-state index in [4.69, 9.17) is 4.74 Å². The number of nitrogens with zero attached hydrogens (tertiary/aromatic N) is 2. The molecule has 3 nitrogen and oxygen atoms in total. The van der Waals surface area contributed by atoms with Gasteiger partial charge in [-0.15, -0.1) is 0 Å². The second kappa shape index (κ2) is 6.40. The van der Waals surface area contributed by atoms with E-state index in [1.54, 1.807) is 0 Å². The maximum Gasteiger partial charge on any atom is 0.124 e. The highest BCUT2D eigenvalue weighted by Gasteiger charge is 2.31. The van der Waals surface area contributed by atoms with Crippen molar-refractivity contribution >= 4 is 0 Å². The molecule has 1 saturated heterocycles. The summed E-state index contributed by atoms with van der Waals surface area (Å²) >= 11 is 0. The smallest absolute Gasteiger partial charge is 0.124 e. The molecule has 1 heterocycles. The maximum atomic E-state index is 5.99. The summed E-state index contributed by atoms with van der Waals surface area (Å²) < 4.78 is 5.99. The van der Waals surface area contributed by atoms with Gasteiger partial charge in [0, 0.05) is 19.1 Å². The van der Waals surface area contributed by atoms with E-state index in [0.29, 0.717) is 12.1 Å². The van der Waals surface area contributed by atoms with Crippen molar-refractivity contribution in [3.8, 4) is 5.75 Å². The summed E-state index contributed by atoms with van der Waals surface area (Å²) in [5.41, 5.74) is 1.26. The van der Waals surface area contributed by atoms with Crippen LogP contribution in [0.15, 0.2) is 24.3 Å². The molecule has 0 spiro atoms. The van der Waals surface area contributed by atoms with Crippen molar-refractivity contribution in [3.63, 3.8) is 0 Å².